The zero-order chi connectivity index (χ0) is 15.1. The first-order chi connectivity index (χ1) is 10.3. The molecule has 116 valence electrons. The Morgan fingerprint density at radius 2 is 2.10 bits per heavy atom. The fourth-order valence-electron chi connectivity index (χ4n) is 2.50. The third-order valence-electron chi connectivity index (χ3n) is 3.47. The van der Waals surface area contributed by atoms with Gasteiger partial charge in [0.25, 0.3) is 0 Å². The highest BCUT2D eigenvalue weighted by atomic mass is 35.5. The van der Waals surface area contributed by atoms with Gasteiger partial charge in [-0.25, -0.2) is 4.98 Å². The molecule has 0 unspecified atom stereocenters. The summed E-state index contributed by atoms with van der Waals surface area (Å²) in [5, 5.41) is 0. The zero-order valence-corrected chi connectivity index (χ0v) is 13.5. The number of halogens is 1. The topological polar surface area (TPSA) is 36.3 Å². The number of para-hydroxylation sites is 1. The number of aromatic nitrogens is 2. The number of rotatable bonds is 9. The summed E-state index contributed by atoms with van der Waals surface area (Å²) < 4.78 is 12.8. The minimum absolute atomic E-state index is 0.590. The van der Waals surface area contributed by atoms with Crippen LogP contribution in [0.15, 0.2) is 18.2 Å². The SMILES string of the molecule is COCCOCCCn1c(CCCl)nc2cccc(C)c21. The maximum absolute atomic E-state index is 5.90. The quantitative estimate of drug-likeness (QED) is 0.527. The molecular weight excluding hydrogens is 288 g/mol. The molecule has 0 bridgehead atoms. The molecule has 0 saturated carbocycles. The fraction of sp³-hybridized carbons (Fsp3) is 0.562. The minimum Gasteiger partial charge on any atom is -0.382 e. The second kappa shape index (κ2) is 8.37. The van der Waals surface area contributed by atoms with E-state index in [1.807, 2.05) is 6.07 Å². The third-order valence-corrected chi connectivity index (χ3v) is 3.66. The number of hydrogen-bond acceptors (Lipinski definition) is 3. The number of nitrogens with zero attached hydrogens (tertiary/aromatic N) is 2. The molecule has 0 saturated heterocycles. The van der Waals surface area contributed by atoms with Crippen LogP contribution in [-0.2, 0) is 22.4 Å². The van der Waals surface area contributed by atoms with E-state index in [0.29, 0.717) is 19.1 Å². The van der Waals surface area contributed by atoms with Crippen LogP contribution in [0.2, 0.25) is 0 Å². The highest BCUT2D eigenvalue weighted by Gasteiger charge is 2.11. The van der Waals surface area contributed by atoms with Crippen molar-refractivity contribution >= 4 is 22.6 Å². The number of methoxy groups -OCH3 is 1. The maximum atomic E-state index is 5.90. The van der Waals surface area contributed by atoms with E-state index in [2.05, 4.69) is 23.6 Å². The zero-order valence-electron chi connectivity index (χ0n) is 12.8. The molecule has 0 amide bonds. The molecule has 0 N–H and O–H groups in total. The Kier molecular flexibility index (Phi) is 6.49. The molecule has 1 aromatic heterocycles. The number of benzene rings is 1. The molecule has 0 fully saturated rings. The van der Waals surface area contributed by atoms with Crippen molar-refractivity contribution in [2.45, 2.75) is 26.3 Å². The van der Waals surface area contributed by atoms with Crippen molar-refractivity contribution in [3.8, 4) is 0 Å². The monoisotopic (exact) mass is 310 g/mol. The van der Waals surface area contributed by atoms with Crippen molar-refractivity contribution < 1.29 is 9.47 Å². The normalized spacial score (nSPS) is 11.4. The first-order valence-electron chi connectivity index (χ1n) is 7.35. The molecule has 0 aliphatic carbocycles. The Bertz CT molecular complexity index is 569. The van der Waals surface area contributed by atoms with Gasteiger partial charge in [-0.3, -0.25) is 0 Å². The van der Waals surface area contributed by atoms with Crippen LogP contribution in [-0.4, -0.2) is 42.4 Å². The lowest BCUT2D eigenvalue weighted by atomic mass is 10.2. The molecule has 0 atom stereocenters. The smallest absolute Gasteiger partial charge is 0.111 e. The molecule has 0 aliphatic rings. The second-order valence-electron chi connectivity index (χ2n) is 5.02. The molecular formula is C16H23ClN2O2. The molecule has 2 rings (SSSR count). The van der Waals surface area contributed by atoms with Crippen molar-refractivity contribution in [3.05, 3.63) is 29.6 Å². The van der Waals surface area contributed by atoms with E-state index in [0.717, 1.165) is 37.3 Å². The second-order valence-corrected chi connectivity index (χ2v) is 5.40. The maximum Gasteiger partial charge on any atom is 0.111 e. The lowest BCUT2D eigenvalue weighted by Gasteiger charge is -2.10. The summed E-state index contributed by atoms with van der Waals surface area (Å²) in [4.78, 5) is 4.71. The Morgan fingerprint density at radius 1 is 1.24 bits per heavy atom. The Labute approximate surface area is 131 Å². The standard InChI is InChI=1S/C16H23ClN2O2/c1-13-5-3-6-14-16(13)19(15(18-14)7-8-17)9-4-10-21-12-11-20-2/h3,5-6H,4,7-12H2,1-2H3. The summed E-state index contributed by atoms with van der Waals surface area (Å²) in [6.07, 6.45) is 1.75. The number of hydrogen-bond donors (Lipinski definition) is 0. The van der Waals surface area contributed by atoms with Crippen LogP contribution in [0.3, 0.4) is 0 Å². The summed E-state index contributed by atoms with van der Waals surface area (Å²) in [5.74, 6) is 1.65. The Morgan fingerprint density at radius 3 is 2.86 bits per heavy atom. The van der Waals surface area contributed by atoms with Gasteiger partial charge in [0, 0.05) is 32.6 Å². The van der Waals surface area contributed by atoms with Gasteiger partial charge in [-0.2, -0.15) is 0 Å². The van der Waals surface area contributed by atoms with Gasteiger partial charge in [0.15, 0.2) is 0 Å². The third kappa shape index (κ3) is 4.19. The molecule has 4 nitrogen and oxygen atoms in total. The van der Waals surface area contributed by atoms with Gasteiger partial charge in [-0.15, -0.1) is 11.6 Å². The Hall–Kier alpha value is -1.10. The van der Waals surface area contributed by atoms with Crippen LogP contribution in [0.1, 0.15) is 17.8 Å². The van der Waals surface area contributed by atoms with Crippen LogP contribution in [0.4, 0.5) is 0 Å². The largest absolute Gasteiger partial charge is 0.382 e. The van der Waals surface area contributed by atoms with Crippen LogP contribution in [0, 0.1) is 6.92 Å². The van der Waals surface area contributed by atoms with Crippen molar-refractivity contribution in [3.63, 3.8) is 0 Å². The van der Waals surface area contributed by atoms with E-state index in [9.17, 15) is 0 Å². The summed E-state index contributed by atoms with van der Waals surface area (Å²) in [6, 6.07) is 6.24. The fourth-order valence-corrected chi connectivity index (χ4v) is 2.67. The number of ether oxygens (including phenoxy) is 2. The Balaban J connectivity index is 2.07. The van der Waals surface area contributed by atoms with E-state index >= 15 is 0 Å². The number of fused-ring (bicyclic) bond motifs is 1. The highest BCUT2D eigenvalue weighted by Crippen LogP contribution is 2.21. The molecule has 1 heterocycles. The number of imidazole rings is 1. The average Bonchev–Trinajstić information content (AvgIpc) is 2.82. The molecule has 2 aromatic rings. The lowest BCUT2D eigenvalue weighted by Crippen LogP contribution is -2.09. The summed E-state index contributed by atoms with van der Waals surface area (Å²) in [6.45, 7) is 5.05. The molecule has 21 heavy (non-hydrogen) atoms. The predicted octanol–water partition coefficient (Wildman–Crippen LogP) is 3.18. The van der Waals surface area contributed by atoms with E-state index in [1.54, 1.807) is 7.11 Å². The van der Waals surface area contributed by atoms with Crippen molar-refractivity contribution in [2.75, 3.05) is 32.8 Å². The van der Waals surface area contributed by atoms with Gasteiger partial charge in [0.1, 0.15) is 5.82 Å². The van der Waals surface area contributed by atoms with Gasteiger partial charge in [-0.05, 0) is 25.0 Å². The number of aryl methyl sites for hydroxylation is 3. The average molecular weight is 311 g/mol. The summed E-state index contributed by atoms with van der Waals surface area (Å²) in [5.41, 5.74) is 3.52. The van der Waals surface area contributed by atoms with E-state index in [1.165, 1.54) is 11.1 Å². The van der Waals surface area contributed by atoms with Crippen molar-refractivity contribution in [2.24, 2.45) is 0 Å². The highest BCUT2D eigenvalue weighted by molar-refractivity contribution is 6.17. The van der Waals surface area contributed by atoms with Crippen LogP contribution >= 0.6 is 11.6 Å². The lowest BCUT2D eigenvalue weighted by molar-refractivity contribution is 0.0680. The van der Waals surface area contributed by atoms with Gasteiger partial charge < -0.3 is 14.0 Å². The first kappa shape index (κ1) is 16.3. The van der Waals surface area contributed by atoms with Crippen LogP contribution in [0.5, 0.6) is 0 Å². The van der Waals surface area contributed by atoms with Gasteiger partial charge in [0.2, 0.25) is 0 Å². The van der Waals surface area contributed by atoms with Crippen molar-refractivity contribution in [1.82, 2.24) is 9.55 Å². The van der Waals surface area contributed by atoms with Gasteiger partial charge >= 0.3 is 0 Å². The summed E-state index contributed by atoms with van der Waals surface area (Å²) >= 11 is 5.90. The number of alkyl halides is 1. The first-order valence-corrected chi connectivity index (χ1v) is 7.88. The predicted molar refractivity (Wildman–Crippen MR) is 86.2 cm³/mol. The van der Waals surface area contributed by atoms with Crippen molar-refractivity contribution in [1.29, 1.82) is 0 Å². The van der Waals surface area contributed by atoms with Crippen LogP contribution in [0.25, 0.3) is 11.0 Å². The summed E-state index contributed by atoms with van der Waals surface area (Å²) in [7, 11) is 1.68. The van der Waals surface area contributed by atoms with Gasteiger partial charge in [-0.1, -0.05) is 12.1 Å². The van der Waals surface area contributed by atoms with Crippen LogP contribution < -0.4 is 0 Å². The van der Waals surface area contributed by atoms with E-state index in [-0.39, 0.29) is 0 Å². The molecule has 0 spiro atoms. The van der Waals surface area contributed by atoms with E-state index in [4.69, 9.17) is 26.1 Å². The van der Waals surface area contributed by atoms with Gasteiger partial charge in [0.05, 0.1) is 24.2 Å². The van der Waals surface area contributed by atoms with E-state index < -0.39 is 0 Å². The molecule has 0 aliphatic heterocycles. The molecule has 0 radical (unpaired) electrons. The minimum atomic E-state index is 0.590. The molecule has 5 heteroatoms. The molecule has 1 aromatic carbocycles.